The second kappa shape index (κ2) is 9.64. The summed E-state index contributed by atoms with van der Waals surface area (Å²) in [5.41, 5.74) is 2.81. The van der Waals surface area contributed by atoms with Crippen LogP contribution in [0.15, 0.2) is 18.3 Å². The molecule has 0 aliphatic heterocycles. The molecule has 2 heteroatoms. The third kappa shape index (κ3) is 6.21. The fourth-order valence-corrected chi connectivity index (χ4v) is 2.05. The zero-order valence-electron chi connectivity index (χ0n) is 11.5. The summed E-state index contributed by atoms with van der Waals surface area (Å²) >= 11 is 0. The summed E-state index contributed by atoms with van der Waals surface area (Å²) in [6, 6.07) is 4.34. The molecule has 1 rings (SSSR count). The van der Waals surface area contributed by atoms with Crippen LogP contribution in [0.1, 0.15) is 56.7 Å². The van der Waals surface area contributed by atoms with Gasteiger partial charge in [0.25, 0.3) is 0 Å². The number of nitrogens with zero attached hydrogens (tertiary/aromatic N) is 1. The lowest BCUT2D eigenvalue weighted by atomic mass is 10.1. The summed E-state index contributed by atoms with van der Waals surface area (Å²) < 4.78 is 2.38. The van der Waals surface area contributed by atoms with Crippen LogP contribution in [0.5, 0.6) is 0 Å². The molecule has 0 bridgehead atoms. The molecule has 0 aliphatic carbocycles. The molecule has 1 heterocycles. The molecule has 0 aliphatic rings. The van der Waals surface area contributed by atoms with E-state index in [2.05, 4.69) is 43.7 Å². The predicted octanol–water partition coefficient (Wildman–Crippen LogP) is 0.955. The lowest BCUT2D eigenvalue weighted by Crippen LogP contribution is -3.00. The first-order chi connectivity index (χ1) is 7.75. The number of unbranched alkanes of at least 4 members (excludes halogenated alkanes) is 5. The van der Waals surface area contributed by atoms with Gasteiger partial charge in [-0.3, -0.25) is 0 Å². The molecule has 0 spiro atoms. The Hall–Kier alpha value is -0.370. The van der Waals surface area contributed by atoms with E-state index in [0.717, 1.165) is 0 Å². The van der Waals surface area contributed by atoms with Crippen molar-refractivity contribution < 1.29 is 21.5 Å². The molecule has 0 N–H and O–H groups in total. The topological polar surface area (TPSA) is 3.88 Å². The molecule has 0 atom stereocenters. The van der Waals surface area contributed by atoms with Crippen molar-refractivity contribution >= 4 is 0 Å². The van der Waals surface area contributed by atoms with Crippen LogP contribution >= 0.6 is 0 Å². The third-order valence-electron chi connectivity index (χ3n) is 3.37. The number of hydrogen-bond acceptors (Lipinski definition) is 0. The molecule has 1 nitrogen and oxygen atoms in total. The highest BCUT2D eigenvalue weighted by atomic mass is 79.9. The molecule has 98 valence electrons. The van der Waals surface area contributed by atoms with E-state index >= 15 is 0 Å². The van der Waals surface area contributed by atoms with Crippen LogP contribution in [0, 0.1) is 13.8 Å². The van der Waals surface area contributed by atoms with Crippen LogP contribution in [0.4, 0.5) is 0 Å². The summed E-state index contributed by atoms with van der Waals surface area (Å²) in [6.45, 7) is 7.85. The molecule has 0 radical (unpaired) electrons. The molecule has 0 fully saturated rings. The largest absolute Gasteiger partial charge is 1.00 e. The number of hydrogen-bond donors (Lipinski definition) is 0. The monoisotopic (exact) mass is 299 g/mol. The van der Waals surface area contributed by atoms with Gasteiger partial charge in [0, 0.05) is 25.0 Å². The first kappa shape index (κ1) is 16.6. The van der Waals surface area contributed by atoms with Crippen molar-refractivity contribution in [1.29, 1.82) is 0 Å². The molecule has 17 heavy (non-hydrogen) atoms. The molecule has 0 aromatic carbocycles. The molecule has 1 aromatic heterocycles. The standard InChI is InChI=1S/C15H26N.BrH/c1-4-5-6-7-8-9-12-16-13-10-11-14(2)15(16)3;/h10-11,13H,4-9,12H2,1-3H3;1H/q+1;/p-1. The van der Waals surface area contributed by atoms with Crippen molar-refractivity contribution in [2.45, 2.75) is 65.8 Å². The van der Waals surface area contributed by atoms with Gasteiger partial charge in [-0.1, -0.05) is 32.6 Å². The van der Waals surface area contributed by atoms with Gasteiger partial charge < -0.3 is 17.0 Å². The van der Waals surface area contributed by atoms with Gasteiger partial charge in [0.1, 0.15) is 6.54 Å². The van der Waals surface area contributed by atoms with Crippen LogP contribution in [0.25, 0.3) is 0 Å². The Labute approximate surface area is 117 Å². The van der Waals surface area contributed by atoms with Crippen molar-refractivity contribution in [2.75, 3.05) is 0 Å². The normalized spacial score (nSPS) is 10.1. The Kier molecular flexibility index (Phi) is 9.43. The van der Waals surface area contributed by atoms with Gasteiger partial charge in [0.05, 0.1) is 0 Å². The number of aryl methyl sites for hydroxylation is 2. The number of aromatic nitrogens is 1. The van der Waals surface area contributed by atoms with Crippen LogP contribution in [-0.2, 0) is 6.54 Å². The fraction of sp³-hybridized carbons (Fsp3) is 0.667. The van der Waals surface area contributed by atoms with Crippen molar-refractivity contribution in [3.63, 3.8) is 0 Å². The highest BCUT2D eigenvalue weighted by Gasteiger charge is 2.06. The van der Waals surface area contributed by atoms with Crippen LogP contribution in [0.2, 0.25) is 0 Å². The lowest BCUT2D eigenvalue weighted by Gasteiger charge is -2.03. The van der Waals surface area contributed by atoms with E-state index in [1.807, 2.05) is 0 Å². The Morgan fingerprint density at radius 3 is 2.35 bits per heavy atom. The van der Waals surface area contributed by atoms with E-state index in [4.69, 9.17) is 0 Å². The lowest BCUT2D eigenvalue weighted by molar-refractivity contribution is -0.703. The molecule has 0 unspecified atom stereocenters. The second-order valence-electron chi connectivity index (χ2n) is 4.74. The van der Waals surface area contributed by atoms with Crippen molar-refractivity contribution in [3.8, 4) is 0 Å². The first-order valence-electron chi connectivity index (χ1n) is 6.71. The molecule has 1 aromatic rings. The maximum absolute atomic E-state index is 2.38. The summed E-state index contributed by atoms with van der Waals surface area (Å²) in [4.78, 5) is 0. The number of rotatable bonds is 7. The fourth-order valence-electron chi connectivity index (χ4n) is 2.05. The highest BCUT2D eigenvalue weighted by molar-refractivity contribution is 5.10. The quantitative estimate of drug-likeness (QED) is 0.521. The minimum absolute atomic E-state index is 0. The van der Waals surface area contributed by atoms with E-state index < -0.39 is 0 Å². The van der Waals surface area contributed by atoms with Gasteiger partial charge >= 0.3 is 0 Å². The third-order valence-corrected chi connectivity index (χ3v) is 3.37. The first-order valence-corrected chi connectivity index (χ1v) is 6.71. The molecule has 0 saturated heterocycles. The number of pyridine rings is 1. The molecule has 0 amide bonds. The minimum Gasteiger partial charge on any atom is -1.00 e. The van der Waals surface area contributed by atoms with E-state index in [0.29, 0.717) is 0 Å². The average molecular weight is 300 g/mol. The van der Waals surface area contributed by atoms with Gasteiger partial charge in [-0.15, -0.1) is 0 Å². The van der Waals surface area contributed by atoms with E-state index in [9.17, 15) is 0 Å². The molecule has 0 saturated carbocycles. The minimum atomic E-state index is 0. The highest BCUT2D eigenvalue weighted by Crippen LogP contribution is 2.05. The molecular formula is C15H26BrN. The molecular weight excluding hydrogens is 274 g/mol. The van der Waals surface area contributed by atoms with E-state index in [1.165, 1.54) is 56.3 Å². The second-order valence-corrected chi connectivity index (χ2v) is 4.74. The van der Waals surface area contributed by atoms with E-state index in [-0.39, 0.29) is 17.0 Å². The SMILES string of the molecule is CCCCCCCC[n+]1cccc(C)c1C.[Br-]. The van der Waals surface area contributed by atoms with Crippen LogP contribution < -0.4 is 21.5 Å². The van der Waals surface area contributed by atoms with Crippen LogP contribution in [-0.4, -0.2) is 0 Å². The predicted molar refractivity (Wildman–Crippen MR) is 69.5 cm³/mol. The summed E-state index contributed by atoms with van der Waals surface area (Å²) in [7, 11) is 0. The van der Waals surface area contributed by atoms with Gasteiger partial charge in [0.2, 0.25) is 0 Å². The van der Waals surface area contributed by atoms with E-state index in [1.54, 1.807) is 0 Å². The Bertz CT molecular complexity index is 310. The Morgan fingerprint density at radius 2 is 1.65 bits per heavy atom. The van der Waals surface area contributed by atoms with Gasteiger partial charge in [-0.05, 0) is 19.4 Å². The number of halogens is 1. The van der Waals surface area contributed by atoms with Gasteiger partial charge in [0.15, 0.2) is 11.9 Å². The van der Waals surface area contributed by atoms with Gasteiger partial charge in [-0.25, -0.2) is 4.57 Å². The summed E-state index contributed by atoms with van der Waals surface area (Å²) in [5.74, 6) is 0. The average Bonchev–Trinajstić information content (AvgIpc) is 2.29. The van der Waals surface area contributed by atoms with Crippen molar-refractivity contribution in [1.82, 2.24) is 0 Å². The zero-order chi connectivity index (χ0) is 11.8. The van der Waals surface area contributed by atoms with Crippen molar-refractivity contribution in [3.05, 3.63) is 29.6 Å². The smallest absolute Gasteiger partial charge is 0.181 e. The van der Waals surface area contributed by atoms with Crippen molar-refractivity contribution in [2.24, 2.45) is 0 Å². The Morgan fingerprint density at radius 1 is 1.00 bits per heavy atom. The maximum Gasteiger partial charge on any atom is 0.181 e. The van der Waals surface area contributed by atoms with Crippen LogP contribution in [0.3, 0.4) is 0 Å². The summed E-state index contributed by atoms with van der Waals surface area (Å²) in [5, 5.41) is 0. The zero-order valence-corrected chi connectivity index (χ0v) is 13.1. The van der Waals surface area contributed by atoms with Gasteiger partial charge in [-0.2, -0.15) is 0 Å². The maximum atomic E-state index is 2.38. The summed E-state index contributed by atoms with van der Waals surface area (Å²) in [6.07, 6.45) is 10.4. The Balaban J connectivity index is 0.00000256.